The molecule has 4 heteroatoms. The highest BCUT2D eigenvalue weighted by atomic mass is 79.9. The van der Waals surface area contributed by atoms with E-state index in [2.05, 4.69) is 15.9 Å². The van der Waals surface area contributed by atoms with Gasteiger partial charge in [-0.05, 0) is 37.6 Å². The molecule has 1 atom stereocenters. The summed E-state index contributed by atoms with van der Waals surface area (Å²) in [7, 11) is 0. The van der Waals surface area contributed by atoms with Gasteiger partial charge in [-0.1, -0.05) is 39.7 Å². The highest BCUT2D eigenvalue weighted by Gasteiger charge is 2.28. The molecule has 0 saturated carbocycles. The van der Waals surface area contributed by atoms with E-state index in [4.69, 9.17) is 0 Å². The van der Waals surface area contributed by atoms with Gasteiger partial charge < -0.3 is 10.0 Å². The third kappa shape index (κ3) is 2.74. The van der Waals surface area contributed by atoms with Crippen LogP contribution in [0.1, 0.15) is 34.0 Å². The first-order chi connectivity index (χ1) is 10.1. The quantitative estimate of drug-likeness (QED) is 0.852. The second-order valence-electron chi connectivity index (χ2n) is 5.33. The number of anilines is 1. The van der Waals surface area contributed by atoms with Crippen LogP contribution in [0.3, 0.4) is 0 Å². The lowest BCUT2D eigenvalue weighted by Gasteiger charge is -2.32. The molecule has 2 aromatic carbocycles. The summed E-state index contributed by atoms with van der Waals surface area (Å²) in [5, 5.41) is 10.2. The van der Waals surface area contributed by atoms with Gasteiger partial charge >= 0.3 is 0 Å². The molecule has 1 N–H and O–H groups in total. The van der Waals surface area contributed by atoms with Crippen molar-refractivity contribution in [3.05, 3.63) is 63.6 Å². The molecule has 1 amide bonds. The van der Waals surface area contributed by atoms with Crippen LogP contribution in [0.2, 0.25) is 0 Å². The molecule has 0 saturated heterocycles. The fraction of sp³-hybridized carbons (Fsp3) is 0.235. The van der Waals surface area contributed by atoms with Gasteiger partial charge in [-0.3, -0.25) is 4.79 Å². The molecular weight excluding hydrogens is 330 g/mol. The number of carbonyl (C=O) groups is 1. The third-order valence-electron chi connectivity index (χ3n) is 3.78. The minimum Gasteiger partial charge on any atom is -0.388 e. The summed E-state index contributed by atoms with van der Waals surface area (Å²) in [6, 6.07) is 13.2. The largest absolute Gasteiger partial charge is 0.388 e. The Labute approximate surface area is 132 Å². The maximum atomic E-state index is 12.7. The predicted octanol–water partition coefficient (Wildman–Crippen LogP) is 3.84. The smallest absolute Gasteiger partial charge is 0.258 e. The van der Waals surface area contributed by atoms with E-state index in [1.165, 1.54) is 0 Å². The van der Waals surface area contributed by atoms with Crippen LogP contribution in [0.5, 0.6) is 0 Å². The highest BCUT2D eigenvalue weighted by Crippen LogP contribution is 2.35. The summed E-state index contributed by atoms with van der Waals surface area (Å²) >= 11 is 3.39. The molecule has 3 nitrogen and oxygen atoms in total. The zero-order valence-corrected chi connectivity index (χ0v) is 13.3. The summed E-state index contributed by atoms with van der Waals surface area (Å²) in [6.45, 7) is 2.52. The lowest BCUT2D eigenvalue weighted by molar-refractivity contribution is 0.0970. The first-order valence-electron chi connectivity index (χ1n) is 6.92. The van der Waals surface area contributed by atoms with Gasteiger partial charge in [0.05, 0.1) is 6.10 Å². The Bertz CT molecular complexity index is 699. The zero-order valence-electron chi connectivity index (χ0n) is 11.7. The second kappa shape index (κ2) is 5.62. The number of amides is 1. The molecule has 1 unspecified atom stereocenters. The molecule has 2 aromatic rings. The van der Waals surface area contributed by atoms with Gasteiger partial charge in [0.25, 0.3) is 5.91 Å². The van der Waals surface area contributed by atoms with E-state index in [0.29, 0.717) is 18.5 Å². The van der Waals surface area contributed by atoms with Gasteiger partial charge in [0.1, 0.15) is 0 Å². The number of halogens is 1. The van der Waals surface area contributed by atoms with Crippen LogP contribution in [-0.2, 0) is 0 Å². The maximum absolute atomic E-state index is 12.7. The van der Waals surface area contributed by atoms with Crippen molar-refractivity contribution in [1.82, 2.24) is 0 Å². The van der Waals surface area contributed by atoms with E-state index in [9.17, 15) is 9.90 Å². The van der Waals surface area contributed by atoms with Crippen molar-refractivity contribution >= 4 is 27.5 Å². The highest BCUT2D eigenvalue weighted by molar-refractivity contribution is 9.10. The van der Waals surface area contributed by atoms with Crippen molar-refractivity contribution in [2.75, 3.05) is 11.4 Å². The van der Waals surface area contributed by atoms with Crippen molar-refractivity contribution in [3.63, 3.8) is 0 Å². The van der Waals surface area contributed by atoms with E-state index in [1.807, 2.05) is 49.4 Å². The molecule has 0 aliphatic carbocycles. The summed E-state index contributed by atoms with van der Waals surface area (Å²) in [5.41, 5.74) is 3.38. The van der Waals surface area contributed by atoms with Crippen molar-refractivity contribution in [2.45, 2.75) is 19.4 Å². The van der Waals surface area contributed by atoms with Crippen LogP contribution in [0, 0.1) is 6.92 Å². The average molecular weight is 346 g/mol. The Morgan fingerprint density at radius 2 is 2.10 bits per heavy atom. The van der Waals surface area contributed by atoms with Crippen LogP contribution >= 0.6 is 15.9 Å². The van der Waals surface area contributed by atoms with Gasteiger partial charge in [0.15, 0.2) is 0 Å². The van der Waals surface area contributed by atoms with Gasteiger partial charge in [-0.2, -0.15) is 0 Å². The standard InChI is InChI=1S/C17H16BrNO2/c1-11-5-6-15-14(9-11)16(20)7-8-19(15)17(21)12-3-2-4-13(18)10-12/h2-6,9-10,16,20H,7-8H2,1H3. The third-order valence-corrected chi connectivity index (χ3v) is 4.27. The normalized spacial score (nSPS) is 17.5. The van der Waals surface area contributed by atoms with Gasteiger partial charge in [0.2, 0.25) is 0 Å². The first kappa shape index (κ1) is 14.3. The lowest BCUT2D eigenvalue weighted by Crippen LogP contribution is -2.36. The molecule has 0 spiro atoms. The van der Waals surface area contributed by atoms with Crippen molar-refractivity contribution < 1.29 is 9.90 Å². The van der Waals surface area contributed by atoms with Crippen molar-refractivity contribution in [2.24, 2.45) is 0 Å². The number of carbonyl (C=O) groups excluding carboxylic acids is 1. The zero-order chi connectivity index (χ0) is 15.0. The van der Waals surface area contributed by atoms with E-state index in [0.717, 1.165) is 21.3 Å². The first-order valence-corrected chi connectivity index (χ1v) is 7.71. The van der Waals surface area contributed by atoms with Gasteiger partial charge in [0, 0.05) is 27.8 Å². The number of nitrogens with zero attached hydrogens (tertiary/aromatic N) is 1. The molecule has 0 fully saturated rings. The number of hydrogen-bond acceptors (Lipinski definition) is 2. The number of aliphatic hydroxyl groups is 1. The minimum atomic E-state index is -0.494. The number of benzene rings is 2. The Morgan fingerprint density at radius 3 is 2.86 bits per heavy atom. The second-order valence-corrected chi connectivity index (χ2v) is 6.25. The monoisotopic (exact) mass is 345 g/mol. The predicted molar refractivity (Wildman–Crippen MR) is 86.6 cm³/mol. The van der Waals surface area contributed by atoms with E-state index < -0.39 is 6.10 Å². The van der Waals surface area contributed by atoms with E-state index >= 15 is 0 Å². The van der Waals surface area contributed by atoms with E-state index in [1.54, 1.807) is 4.90 Å². The molecule has 0 bridgehead atoms. The Kier molecular flexibility index (Phi) is 3.83. The van der Waals surface area contributed by atoms with Crippen LogP contribution in [-0.4, -0.2) is 17.6 Å². The molecule has 1 heterocycles. The molecule has 1 aliphatic rings. The van der Waals surface area contributed by atoms with Crippen molar-refractivity contribution in [1.29, 1.82) is 0 Å². The molecule has 1 aliphatic heterocycles. The fourth-order valence-corrected chi connectivity index (χ4v) is 3.10. The molecule has 21 heavy (non-hydrogen) atoms. The average Bonchev–Trinajstić information content (AvgIpc) is 2.47. The number of aliphatic hydroxyl groups excluding tert-OH is 1. The summed E-state index contributed by atoms with van der Waals surface area (Å²) in [4.78, 5) is 14.5. The topological polar surface area (TPSA) is 40.5 Å². The Morgan fingerprint density at radius 1 is 1.29 bits per heavy atom. The lowest BCUT2D eigenvalue weighted by atomic mass is 9.96. The Hall–Kier alpha value is -1.65. The minimum absolute atomic E-state index is 0.0340. The number of fused-ring (bicyclic) bond motifs is 1. The van der Waals surface area contributed by atoms with Crippen LogP contribution < -0.4 is 4.90 Å². The number of hydrogen-bond donors (Lipinski definition) is 1. The maximum Gasteiger partial charge on any atom is 0.258 e. The summed E-state index contributed by atoms with van der Waals surface area (Å²) in [6.07, 6.45) is 0.0717. The molecular formula is C17H16BrNO2. The summed E-state index contributed by atoms with van der Waals surface area (Å²) in [5.74, 6) is -0.0340. The Balaban J connectivity index is 2.01. The SMILES string of the molecule is Cc1ccc2c(c1)C(O)CCN2C(=O)c1cccc(Br)c1. The van der Waals surface area contributed by atoms with Crippen molar-refractivity contribution in [3.8, 4) is 0 Å². The summed E-state index contributed by atoms with van der Waals surface area (Å²) < 4.78 is 0.884. The molecule has 3 rings (SSSR count). The van der Waals surface area contributed by atoms with E-state index in [-0.39, 0.29) is 5.91 Å². The number of aryl methyl sites for hydroxylation is 1. The molecule has 0 aromatic heterocycles. The number of rotatable bonds is 1. The fourth-order valence-electron chi connectivity index (χ4n) is 2.70. The molecule has 0 radical (unpaired) electrons. The van der Waals surface area contributed by atoms with Crippen LogP contribution in [0.25, 0.3) is 0 Å². The van der Waals surface area contributed by atoms with Gasteiger partial charge in [-0.25, -0.2) is 0 Å². The van der Waals surface area contributed by atoms with Gasteiger partial charge in [-0.15, -0.1) is 0 Å². The molecule has 108 valence electrons. The van der Waals surface area contributed by atoms with Crippen LogP contribution in [0.4, 0.5) is 5.69 Å². The van der Waals surface area contributed by atoms with Crippen LogP contribution in [0.15, 0.2) is 46.9 Å².